The van der Waals surface area contributed by atoms with Gasteiger partial charge in [0.15, 0.2) is 0 Å². The van der Waals surface area contributed by atoms with Crippen LogP contribution in [0.2, 0.25) is 0 Å². The van der Waals surface area contributed by atoms with Gasteiger partial charge in [-0.05, 0) is 49.2 Å². The molecule has 0 fully saturated rings. The van der Waals surface area contributed by atoms with E-state index >= 15 is 0 Å². The number of nitrogens with one attached hydrogen (secondary N) is 1. The van der Waals surface area contributed by atoms with Gasteiger partial charge in [0.1, 0.15) is 17.2 Å². The predicted molar refractivity (Wildman–Crippen MR) is 76.7 cm³/mol. The van der Waals surface area contributed by atoms with Crippen molar-refractivity contribution < 1.29 is 8.81 Å². The van der Waals surface area contributed by atoms with E-state index in [1.54, 1.807) is 6.07 Å². The smallest absolute Gasteiger partial charge is 0.134 e. The number of furan rings is 1. The lowest BCUT2D eigenvalue weighted by molar-refractivity contribution is 0.438. The van der Waals surface area contributed by atoms with Crippen molar-refractivity contribution in [2.24, 2.45) is 11.8 Å². The molecule has 0 radical (unpaired) electrons. The van der Waals surface area contributed by atoms with Crippen molar-refractivity contribution >= 4 is 11.0 Å². The summed E-state index contributed by atoms with van der Waals surface area (Å²) in [5.41, 5.74) is 0.763. The molecule has 2 nitrogen and oxygen atoms in total. The third-order valence-electron chi connectivity index (χ3n) is 3.12. The van der Waals surface area contributed by atoms with E-state index in [-0.39, 0.29) is 5.82 Å². The SMILES string of the molecule is CC(C)CNCC(C)Cc1cc2cc(F)ccc2o1. The monoisotopic (exact) mass is 263 g/mol. The van der Waals surface area contributed by atoms with Crippen LogP contribution in [-0.2, 0) is 6.42 Å². The predicted octanol–water partition coefficient (Wildman–Crippen LogP) is 4.00. The summed E-state index contributed by atoms with van der Waals surface area (Å²) < 4.78 is 18.8. The Morgan fingerprint density at radius 1 is 1.16 bits per heavy atom. The fourth-order valence-corrected chi connectivity index (χ4v) is 2.20. The Morgan fingerprint density at radius 2 is 1.95 bits per heavy atom. The van der Waals surface area contributed by atoms with Gasteiger partial charge in [0.2, 0.25) is 0 Å². The molecule has 1 heterocycles. The van der Waals surface area contributed by atoms with Gasteiger partial charge in [-0.1, -0.05) is 20.8 Å². The standard InChI is InChI=1S/C16H22FNO/c1-11(2)9-18-10-12(3)6-15-8-13-7-14(17)4-5-16(13)19-15/h4-5,7-8,11-12,18H,6,9-10H2,1-3H3. The number of fused-ring (bicyclic) bond motifs is 1. The molecule has 1 unspecified atom stereocenters. The lowest BCUT2D eigenvalue weighted by atomic mass is 10.1. The van der Waals surface area contributed by atoms with Crippen molar-refractivity contribution in [3.8, 4) is 0 Å². The number of hydrogen-bond acceptors (Lipinski definition) is 2. The lowest BCUT2D eigenvalue weighted by Gasteiger charge is -2.12. The molecular weight excluding hydrogens is 241 g/mol. The number of halogens is 1. The average Bonchev–Trinajstić information content (AvgIpc) is 2.69. The molecule has 0 aliphatic heterocycles. The lowest BCUT2D eigenvalue weighted by Crippen LogP contribution is -2.26. The molecule has 0 aliphatic rings. The van der Waals surface area contributed by atoms with Crippen molar-refractivity contribution in [2.75, 3.05) is 13.1 Å². The van der Waals surface area contributed by atoms with Crippen molar-refractivity contribution in [2.45, 2.75) is 27.2 Å². The Bertz CT molecular complexity index is 533. The molecule has 0 saturated heterocycles. The maximum absolute atomic E-state index is 13.1. The Labute approximate surface area is 114 Å². The van der Waals surface area contributed by atoms with Crippen molar-refractivity contribution in [1.29, 1.82) is 0 Å². The number of rotatable bonds is 6. The molecule has 1 aromatic heterocycles. The zero-order chi connectivity index (χ0) is 13.8. The first-order valence-corrected chi connectivity index (χ1v) is 6.93. The van der Waals surface area contributed by atoms with Gasteiger partial charge in [-0.15, -0.1) is 0 Å². The molecule has 0 amide bonds. The van der Waals surface area contributed by atoms with E-state index in [9.17, 15) is 4.39 Å². The first-order valence-electron chi connectivity index (χ1n) is 6.93. The third kappa shape index (κ3) is 4.06. The summed E-state index contributed by atoms with van der Waals surface area (Å²) >= 11 is 0. The summed E-state index contributed by atoms with van der Waals surface area (Å²) in [6.07, 6.45) is 0.876. The maximum atomic E-state index is 13.1. The van der Waals surface area contributed by atoms with E-state index in [4.69, 9.17) is 4.42 Å². The first-order chi connectivity index (χ1) is 9.04. The van der Waals surface area contributed by atoms with Gasteiger partial charge < -0.3 is 9.73 Å². The summed E-state index contributed by atoms with van der Waals surface area (Å²) in [7, 11) is 0. The van der Waals surface area contributed by atoms with Crippen LogP contribution in [0.1, 0.15) is 26.5 Å². The average molecular weight is 263 g/mol. The van der Waals surface area contributed by atoms with Gasteiger partial charge in [0, 0.05) is 11.8 Å². The number of hydrogen-bond donors (Lipinski definition) is 1. The molecule has 3 heteroatoms. The quantitative estimate of drug-likeness (QED) is 0.852. The van der Waals surface area contributed by atoms with E-state index in [1.807, 2.05) is 6.07 Å². The van der Waals surface area contributed by atoms with Gasteiger partial charge in [-0.25, -0.2) is 4.39 Å². The van der Waals surface area contributed by atoms with Crippen LogP contribution in [0.3, 0.4) is 0 Å². The molecule has 0 bridgehead atoms. The topological polar surface area (TPSA) is 25.2 Å². The molecule has 0 saturated carbocycles. The van der Waals surface area contributed by atoms with Crippen LogP contribution >= 0.6 is 0 Å². The molecular formula is C16H22FNO. The maximum Gasteiger partial charge on any atom is 0.134 e. The first kappa shape index (κ1) is 14.1. The van der Waals surface area contributed by atoms with Crippen LogP contribution < -0.4 is 5.32 Å². The van der Waals surface area contributed by atoms with Gasteiger partial charge in [0.05, 0.1) is 0 Å². The highest BCUT2D eigenvalue weighted by Gasteiger charge is 2.09. The van der Waals surface area contributed by atoms with E-state index in [0.29, 0.717) is 11.8 Å². The minimum atomic E-state index is -0.216. The van der Waals surface area contributed by atoms with Crippen LogP contribution in [0.25, 0.3) is 11.0 Å². The Hall–Kier alpha value is -1.35. The summed E-state index contributed by atoms with van der Waals surface area (Å²) in [5.74, 6) is 1.89. The van der Waals surface area contributed by atoms with Gasteiger partial charge in [-0.3, -0.25) is 0 Å². The highest BCUT2D eigenvalue weighted by atomic mass is 19.1. The molecule has 0 spiro atoms. The van der Waals surface area contributed by atoms with Crippen molar-refractivity contribution in [1.82, 2.24) is 5.32 Å². The van der Waals surface area contributed by atoms with Crippen LogP contribution in [0.15, 0.2) is 28.7 Å². The van der Waals surface area contributed by atoms with Crippen LogP contribution in [0, 0.1) is 17.7 Å². The van der Waals surface area contributed by atoms with Crippen LogP contribution in [0.4, 0.5) is 4.39 Å². The Morgan fingerprint density at radius 3 is 2.68 bits per heavy atom. The van der Waals surface area contributed by atoms with Crippen LogP contribution in [-0.4, -0.2) is 13.1 Å². The summed E-state index contributed by atoms with van der Waals surface area (Å²) in [6, 6.07) is 6.58. The zero-order valence-electron chi connectivity index (χ0n) is 11.9. The minimum Gasteiger partial charge on any atom is -0.461 e. The van der Waals surface area contributed by atoms with E-state index < -0.39 is 0 Å². The third-order valence-corrected chi connectivity index (χ3v) is 3.12. The largest absolute Gasteiger partial charge is 0.461 e. The second-order valence-electron chi connectivity index (χ2n) is 5.76. The minimum absolute atomic E-state index is 0.216. The zero-order valence-corrected chi connectivity index (χ0v) is 11.9. The molecule has 0 aliphatic carbocycles. The molecule has 2 aromatic rings. The second-order valence-corrected chi connectivity index (χ2v) is 5.76. The fraction of sp³-hybridized carbons (Fsp3) is 0.500. The highest BCUT2D eigenvalue weighted by Crippen LogP contribution is 2.22. The van der Waals surface area contributed by atoms with Crippen LogP contribution in [0.5, 0.6) is 0 Å². The molecule has 1 aromatic carbocycles. The van der Waals surface area contributed by atoms with Crippen molar-refractivity contribution in [3.63, 3.8) is 0 Å². The number of benzene rings is 1. The van der Waals surface area contributed by atoms with E-state index in [1.165, 1.54) is 12.1 Å². The van der Waals surface area contributed by atoms with Gasteiger partial charge in [0.25, 0.3) is 0 Å². The molecule has 1 N–H and O–H groups in total. The molecule has 104 valence electrons. The van der Waals surface area contributed by atoms with E-state index in [2.05, 4.69) is 26.1 Å². The normalized spacial score (nSPS) is 13.3. The van der Waals surface area contributed by atoms with Crippen molar-refractivity contribution in [3.05, 3.63) is 35.8 Å². The van der Waals surface area contributed by atoms with Gasteiger partial charge in [-0.2, -0.15) is 0 Å². The molecule has 2 rings (SSSR count). The molecule has 1 atom stereocenters. The molecule has 19 heavy (non-hydrogen) atoms. The second kappa shape index (κ2) is 6.20. The summed E-state index contributed by atoms with van der Waals surface area (Å²) in [5, 5.41) is 4.29. The van der Waals surface area contributed by atoms with E-state index in [0.717, 1.165) is 36.2 Å². The fourth-order valence-electron chi connectivity index (χ4n) is 2.20. The Kier molecular flexibility index (Phi) is 4.59. The highest BCUT2D eigenvalue weighted by molar-refractivity contribution is 5.77. The summed E-state index contributed by atoms with van der Waals surface area (Å²) in [4.78, 5) is 0. The Balaban J connectivity index is 1.93. The summed E-state index contributed by atoms with van der Waals surface area (Å²) in [6.45, 7) is 8.61. The van der Waals surface area contributed by atoms with Gasteiger partial charge >= 0.3 is 0 Å².